The first kappa shape index (κ1) is 9.90. The van der Waals surface area contributed by atoms with Gasteiger partial charge in [-0.15, -0.1) is 0 Å². The third kappa shape index (κ3) is 1.65. The van der Waals surface area contributed by atoms with Gasteiger partial charge in [-0.05, 0) is 37.1 Å². The zero-order valence-corrected chi connectivity index (χ0v) is 8.91. The van der Waals surface area contributed by atoms with Crippen LogP contribution in [0.3, 0.4) is 0 Å². The molecule has 1 aliphatic rings. The van der Waals surface area contributed by atoms with Crippen molar-refractivity contribution in [2.45, 2.75) is 26.7 Å². The molecule has 0 aliphatic carbocycles. The van der Waals surface area contributed by atoms with E-state index in [1.165, 1.54) is 4.90 Å². The summed E-state index contributed by atoms with van der Waals surface area (Å²) in [5, 5.41) is 0. The molecule has 1 heterocycles. The van der Waals surface area contributed by atoms with Gasteiger partial charge in [0, 0.05) is 12.8 Å². The van der Waals surface area contributed by atoms with Crippen LogP contribution in [-0.4, -0.2) is 11.8 Å². The third-order valence-electron chi connectivity index (χ3n) is 2.80. The van der Waals surface area contributed by atoms with Crippen molar-refractivity contribution in [3.63, 3.8) is 0 Å². The Labute approximate surface area is 88.7 Å². The summed E-state index contributed by atoms with van der Waals surface area (Å²) in [4.78, 5) is 24.3. The second-order valence-electron chi connectivity index (χ2n) is 3.89. The minimum atomic E-state index is -0.0942. The number of amides is 2. The number of carbonyl (C=O) groups excluding carboxylic acids is 2. The van der Waals surface area contributed by atoms with Crippen molar-refractivity contribution in [1.82, 2.24) is 0 Å². The lowest BCUT2D eigenvalue weighted by Crippen LogP contribution is -2.28. The Morgan fingerprint density at radius 1 is 1.00 bits per heavy atom. The second-order valence-corrected chi connectivity index (χ2v) is 3.89. The van der Waals surface area contributed by atoms with Gasteiger partial charge in [0.1, 0.15) is 0 Å². The van der Waals surface area contributed by atoms with Crippen LogP contribution in [-0.2, 0) is 9.59 Å². The van der Waals surface area contributed by atoms with Crippen LogP contribution in [0.5, 0.6) is 0 Å². The molecule has 0 saturated carbocycles. The van der Waals surface area contributed by atoms with E-state index in [2.05, 4.69) is 0 Å². The summed E-state index contributed by atoms with van der Waals surface area (Å²) in [5.41, 5.74) is 2.96. The minimum absolute atomic E-state index is 0.0942. The summed E-state index contributed by atoms with van der Waals surface area (Å²) < 4.78 is 0. The van der Waals surface area contributed by atoms with Crippen molar-refractivity contribution < 1.29 is 9.59 Å². The number of hydrogen-bond donors (Lipinski definition) is 0. The van der Waals surface area contributed by atoms with Crippen molar-refractivity contribution in [3.8, 4) is 0 Å². The van der Waals surface area contributed by atoms with Crippen LogP contribution < -0.4 is 4.90 Å². The number of carbonyl (C=O) groups is 2. The first-order chi connectivity index (χ1) is 7.09. The van der Waals surface area contributed by atoms with Gasteiger partial charge < -0.3 is 0 Å². The van der Waals surface area contributed by atoms with Gasteiger partial charge in [0.15, 0.2) is 0 Å². The lowest BCUT2D eigenvalue weighted by molar-refractivity contribution is -0.121. The summed E-state index contributed by atoms with van der Waals surface area (Å²) in [7, 11) is 0. The quantitative estimate of drug-likeness (QED) is 0.654. The van der Waals surface area contributed by atoms with E-state index >= 15 is 0 Å². The van der Waals surface area contributed by atoms with Crippen LogP contribution in [0.4, 0.5) is 5.69 Å². The van der Waals surface area contributed by atoms with E-state index in [1.54, 1.807) is 0 Å². The van der Waals surface area contributed by atoms with Gasteiger partial charge in [0.2, 0.25) is 11.8 Å². The lowest BCUT2D eigenvalue weighted by Gasteiger charge is -2.15. The fourth-order valence-electron chi connectivity index (χ4n) is 1.73. The molecular weight excluding hydrogens is 190 g/mol. The standard InChI is InChI=1S/C12H13NO2/c1-8-3-4-10(7-9(8)2)13-11(14)5-6-12(13)15/h3-4,7H,5-6H2,1-2H3. The van der Waals surface area contributed by atoms with Crippen molar-refractivity contribution in [2.75, 3.05) is 4.90 Å². The smallest absolute Gasteiger partial charge is 0.234 e. The molecule has 1 aliphatic heterocycles. The maximum absolute atomic E-state index is 11.5. The molecule has 0 atom stereocenters. The first-order valence-corrected chi connectivity index (χ1v) is 5.02. The molecule has 1 fully saturated rings. The van der Waals surface area contributed by atoms with Crippen LogP contribution in [0.2, 0.25) is 0 Å². The average Bonchev–Trinajstić information content (AvgIpc) is 2.52. The molecule has 1 aromatic rings. The average molecular weight is 203 g/mol. The van der Waals surface area contributed by atoms with Crippen molar-refractivity contribution in [1.29, 1.82) is 0 Å². The van der Waals surface area contributed by atoms with E-state index in [0.717, 1.165) is 11.1 Å². The number of benzene rings is 1. The van der Waals surface area contributed by atoms with E-state index in [4.69, 9.17) is 0 Å². The highest BCUT2D eigenvalue weighted by atomic mass is 16.2. The molecule has 15 heavy (non-hydrogen) atoms. The molecule has 2 rings (SSSR count). The van der Waals surface area contributed by atoms with Crippen molar-refractivity contribution in [2.24, 2.45) is 0 Å². The van der Waals surface area contributed by atoms with E-state index in [0.29, 0.717) is 18.5 Å². The summed E-state index contributed by atoms with van der Waals surface area (Å²) >= 11 is 0. The molecular formula is C12H13NO2. The number of nitrogens with zero attached hydrogens (tertiary/aromatic N) is 1. The normalized spacial score (nSPS) is 16.3. The molecule has 1 saturated heterocycles. The molecule has 0 unspecified atom stereocenters. The molecule has 1 aromatic carbocycles. The Hall–Kier alpha value is -1.64. The Morgan fingerprint density at radius 2 is 1.60 bits per heavy atom. The molecule has 0 radical (unpaired) electrons. The van der Waals surface area contributed by atoms with Gasteiger partial charge >= 0.3 is 0 Å². The minimum Gasteiger partial charge on any atom is -0.274 e. The molecule has 0 aromatic heterocycles. The number of anilines is 1. The highest BCUT2D eigenvalue weighted by Gasteiger charge is 2.30. The molecule has 3 nitrogen and oxygen atoms in total. The maximum Gasteiger partial charge on any atom is 0.234 e. The van der Waals surface area contributed by atoms with Gasteiger partial charge in [-0.3, -0.25) is 14.5 Å². The first-order valence-electron chi connectivity index (χ1n) is 5.02. The van der Waals surface area contributed by atoms with Gasteiger partial charge in [-0.1, -0.05) is 6.07 Å². The molecule has 78 valence electrons. The highest BCUT2D eigenvalue weighted by Crippen LogP contribution is 2.24. The zero-order valence-electron chi connectivity index (χ0n) is 8.91. The second kappa shape index (κ2) is 3.50. The number of aryl methyl sites for hydroxylation is 2. The fraction of sp³-hybridized carbons (Fsp3) is 0.333. The summed E-state index contributed by atoms with van der Waals surface area (Å²) in [6, 6.07) is 5.64. The van der Waals surface area contributed by atoms with Crippen molar-refractivity contribution in [3.05, 3.63) is 29.3 Å². The predicted molar refractivity (Wildman–Crippen MR) is 57.6 cm³/mol. The van der Waals surface area contributed by atoms with E-state index < -0.39 is 0 Å². The number of imide groups is 1. The van der Waals surface area contributed by atoms with Crippen LogP contribution >= 0.6 is 0 Å². The Kier molecular flexibility index (Phi) is 2.31. The SMILES string of the molecule is Cc1ccc(N2C(=O)CCC2=O)cc1C. The third-order valence-corrected chi connectivity index (χ3v) is 2.80. The van der Waals surface area contributed by atoms with Gasteiger partial charge in [0.25, 0.3) is 0 Å². The number of rotatable bonds is 1. The van der Waals surface area contributed by atoms with Crippen LogP contribution in [0.15, 0.2) is 18.2 Å². The van der Waals surface area contributed by atoms with E-state index in [9.17, 15) is 9.59 Å². The molecule has 3 heteroatoms. The highest BCUT2D eigenvalue weighted by molar-refractivity contribution is 6.19. The van der Waals surface area contributed by atoms with E-state index in [-0.39, 0.29) is 11.8 Å². The van der Waals surface area contributed by atoms with Gasteiger partial charge in [-0.2, -0.15) is 0 Å². The predicted octanol–water partition coefficient (Wildman–Crippen LogP) is 1.96. The summed E-state index contributed by atoms with van der Waals surface area (Å²) in [6.45, 7) is 3.98. The van der Waals surface area contributed by atoms with Crippen LogP contribution in [0.1, 0.15) is 24.0 Å². The Morgan fingerprint density at radius 3 is 2.13 bits per heavy atom. The largest absolute Gasteiger partial charge is 0.274 e. The summed E-state index contributed by atoms with van der Waals surface area (Å²) in [5.74, 6) is -0.188. The Bertz CT molecular complexity index is 421. The monoisotopic (exact) mass is 203 g/mol. The number of hydrogen-bond acceptors (Lipinski definition) is 2. The topological polar surface area (TPSA) is 37.4 Å². The molecule has 0 spiro atoms. The van der Waals surface area contributed by atoms with Crippen LogP contribution in [0.25, 0.3) is 0 Å². The molecule has 0 bridgehead atoms. The molecule has 2 amide bonds. The maximum atomic E-state index is 11.5. The van der Waals surface area contributed by atoms with Gasteiger partial charge in [0.05, 0.1) is 5.69 Å². The summed E-state index contributed by atoms with van der Waals surface area (Å²) in [6.07, 6.45) is 0.678. The fourth-order valence-corrected chi connectivity index (χ4v) is 1.73. The lowest BCUT2D eigenvalue weighted by atomic mass is 10.1. The molecule has 0 N–H and O–H groups in total. The van der Waals surface area contributed by atoms with Gasteiger partial charge in [-0.25, -0.2) is 0 Å². The zero-order chi connectivity index (χ0) is 11.0. The van der Waals surface area contributed by atoms with E-state index in [1.807, 2.05) is 32.0 Å². The van der Waals surface area contributed by atoms with Crippen molar-refractivity contribution >= 4 is 17.5 Å². The Balaban J connectivity index is 2.41. The van der Waals surface area contributed by atoms with Crippen LogP contribution in [0, 0.1) is 13.8 Å².